The van der Waals surface area contributed by atoms with Crippen molar-refractivity contribution in [3.05, 3.63) is 58.7 Å². The first-order valence-corrected chi connectivity index (χ1v) is 7.43. The van der Waals surface area contributed by atoms with E-state index in [4.69, 9.17) is 16.7 Å². The van der Waals surface area contributed by atoms with E-state index in [0.717, 1.165) is 22.0 Å². The molecule has 0 radical (unpaired) electrons. The average Bonchev–Trinajstić information content (AvgIpc) is 3.06. The Kier molecular flexibility index (Phi) is 3.77. The lowest BCUT2D eigenvalue weighted by atomic mass is 10.1. The maximum atomic E-state index is 10.8. The van der Waals surface area contributed by atoms with Crippen molar-refractivity contribution in [3.63, 3.8) is 0 Å². The first kappa shape index (κ1) is 13.9. The Morgan fingerprint density at radius 1 is 1.33 bits per heavy atom. The Hall–Kier alpha value is -2.11. The summed E-state index contributed by atoms with van der Waals surface area (Å²) in [7, 11) is 0. The molecule has 0 aliphatic rings. The molecule has 0 atom stereocenters. The third-order valence-electron chi connectivity index (χ3n) is 2.98. The minimum absolute atomic E-state index is 0.00268. The molecule has 0 spiro atoms. The molecule has 0 aliphatic heterocycles. The molecule has 21 heavy (non-hydrogen) atoms. The van der Waals surface area contributed by atoms with Crippen molar-refractivity contribution < 1.29 is 9.90 Å². The van der Waals surface area contributed by atoms with E-state index in [1.807, 2.05) is 41.1 Å². The predicted octanol–water partition coefficient (Wildman–Crippen LogP) is 3.88. The number of carbonyl (C=O) groups is 1. The molecule has 4 nitrogen and oxygen atoms in total. The standard InChI is InChI=1S/C15H11ClN2O2S/c16-13-5-4-12(21-13)15-17-6-7-18(15)11-3-1-2-10(8-11)9-14(19)20/h1-8H,9H2,(H,19,20). The van der Waals surface area contributed by atoms with Gasteiger partial charge < -0.3 is 5.11 Å². The van der Waals surface area contributed by atoms with E-state index in [0.29, 0.717) is 4.34 Å². The zero-order valence-electron chi connectivity index (χ0n) is 10.9. The Bertz CT molecular complexity index is 794. The zero-order valence-corrected chi connectivity index (χ0v) is 12.4. The van der Waals surface area contributed by atoms with E-state index in [1.165, 1.54) is 11.3 Å². The van der Waals surface area contributed by atoms with Gasteiger partial charge in [-0.25, -0.2) is 4.98 Å². The van der Waals surface area contributed by atoms with Crippen molar-refractivity contribution >= 4 is 28.9 Å². The largest absolute Gasteiger partial charge is 0.481 e. The number of halogens is 1. The Morgan fingerprint density at radius 3 is 2.90 bits per heavy atom. The first-order valence-electron chi connectivity index (χ1n) is 6.23. The molecular weight excluding hydrogens is 308 g/mol. The van der Waals surface area contributed by atoms with Gasteiger partial charge in [0.25, 0.3) is 0 Å². The Labute approximate surface area is 130 Å². The highest BCUT2D eigenvalue weighted by molar-refractivity contribution is 7.19. The Morgan fingerprint density at radius 2 is 2.19 bits per heavy atom. The van der Waals surface area contributed by atoms with E-state index in [1.54, 1.807) is 12.3 Å². The van der Waals surface area contributed by atoms with Crippen LogP contribution in [-0.2, 0) is 11.2 Å². The lowest BCUT2D eigenvalue weighted by molar-refractivity contribution is -0.136. The molecule has 0 saturated carbocycles. The molecule has 3 aromatic rings. The topological polar surface area (TPSA) is 55.1 Å². The van der Waals surface area contributed by atoms with Gasteiger partial charge in [0.05, 0.1) is 15.6 Å². The highest BCUT2D eigenvalue weighted by Gasteiger charge is 2.11. The van der Waals surface area contributed by atoms with Gasteiger partial charge in [0.1, 0.15) is 0 Å². The second kappa shape index (κ2) is 5.71. The number of imidazole rings is 1. The normalized spacial score (nSPS) is 10.7. The van der Waals surface area contributed by atoms with Crippen LogP contribution in [0.5, 0.6) is 0 Å². The van der Waals surface area contributed by atoms with Crippen molar-refractivity contribution in [2.75, 3.05) is 0 Å². The number of hydrogen-bond donors (Lipinski definition) is 1. The summed E-state index contributed by atoms with van der Waals surface area (Å²) >= 11 is 7.43. The molecule has 1 aromatic carbocycles. The van der Waals surface area contributed by atoms with E-state index in [-0.39, 0.29) is 6.42 Å². The van der Waals surface area contributed by atoms with Crippen LogP contribution in [0.3, 0.4) is 0 Å². The molecule has 2 aromatic heterocycles. The molecular formula is C15H11ClN2O2S. The molecule has 0 aliphatic carbocycles. The van der Waals surface area contributed by atoms with E-state index in [2.05, 4.69) is 4.98 Å². The van der Waals surface area contributed by atoms with Gasteiger partial charge in [-0.1, -0.05) is 23.7 Å². The summed E-state index contributed by atoms with van der Waals surface area (Å²) in [4.78, 5) is 16.2. The number of rotatable bonds is 4. The second-order valence-corrected chi connectivity index (χ2v) is 6.18. The van der Waals surface area contributed by atoms with Gasteiger partial charge in [0.15, 0.2) is 5.82 Å². The number of aromatic nitrogens is 2. The van der Waals surface area contributed by atoms with Gasteiger partial charge in [-0.05, 0) is 29.8 Å². The van der Waals surface area contributed by atoms with E-state index < -0.39 is 5.97 Å². The van der Waals surface area contributed by atoms with Crippen molar-refractivity contribution in [3.8, 4) is 16.4 Å². The summed E-state index contributed by atoms with van der Waals surface area (Å²) in [6, 6.07) is 11.2. The third-order valence-corrected chi connectivity index (χ3v) is 4.21. The smallest absolute Gasteiger partial charge is 0.307 e. The van der Waals surface area contributed by atoms with Gasteiger partial charge in [-0.3, -0.25) is 9.36 Å². The minimum atomic E-state index is -0.844. The Balaban J connectivity index is 2.02. The number of nitrogens with zero attached hydrogens (tertiary/aromatic N) is 2. The van der Waals surface area contributed by atoms with E-state index >= 15 is 0 Å². The van der Waals surface area contributed by atoms with Crippen LogP contribution in [0.25, 0.3) is 16.4 Å². The van der Waals surface area contributed by atoms with Crippen LogP contribution < -0.4 is 0 Å². The predicted molar refractivity (Wildman–Crippen MR) is 83.2 cm³/mol. The molecule has 0 unspecified atom stereocenters. The minimum Gasteiger partial charge on any atom is -0.481 e. The van der Waals surface area contributed by atoms with Crippen LogP contribution >= 0.6 is 22.9 Å². The fraction of sp³-hybridized carbons (Fsp3) is 0.0667. The summed E-state index contributed by atoms with van der Waals surface area (Å²) in [6.45, 7) is 0. The van der Waals surface area contributed by atoms with Gasteiger partial charge in [0, 0.05) is 18.1 Å². The van der Waals surface area contributed by atoms with Gasteiger partial charge in [-0.2, -0.15) is 0 Å². The van der Waals surface area contributed by atoms with Crippen molar-refractivity contribution in [2.24, 2.45) is 0 Å². The van der Waals surface area contributed by atoms with Gasteiger partial charge in [0.2, 0.25) is 0 Å². The number of carboxylic acids is 1. The lowest BCUT2D eigenvalue weighted by Crippen LogP contribution is -2.01. The fourth-order valence-electron chi connectivity index (χ4n) is 2.12. The molecule has 0 saturated heterocycles. The fourth-order valence-corrected chi connectivity index (χ4v) is 3.16. The monoisotopic (exact) mass is 318 g/mol. The summed E-state index contributed by atoms with van der Waals surface area (Å²) in [5.41, 5.74) is 1.63. The van der Waals surface area contributed by atoms with Crippen molar-refractivity contribution in [1.82, 2.24) is 9.55 Å². The summed E-state index contributed by atoms with van der Waals surface area (Å²) in [5.74, 6) is -0.0533. The molecule has 0 amide bonds. The first-order chi connectivity index (χ1) is 10.1. The molecule has 1 N–H and O–H groups in total. The van der Waals surface area contributed by atoms with Crippen LogP contribution in [0.4, 0.5) is 0 Å². The lowest BCUT2D eigenvalue weighted by Gasteiger charge is -2.08. The summed E-state index contributed by atoms with van der Waals surface area (Å²) in [6.07, 6.45) is 3.57. The quantitative estimate of drug-likeness (QED) is 0.794. The van der Waals surface area contributed by atoms with Crippen LogP contribution in [0.2, 0.25) is 4.34 Å². The zero-order chi connectivity index (χ0) is 14.8. The molecule has 3 rings (SSSR count). The van der Waals surface area contributed by atoms with Gasteiger partial charge >= 0.3 is 5.97 Å². The number of thiophene rings is 1. The second-order valence-electron chi connectivity index (χ2n) is 4.47. The molecule has 106 valence electrons. The average molecular weight is 319 g/mol. The van der Waals surface area contributed by atoms with Gasteiger partial charge in [-0.15, -0.1) is 11.3 Å². The number of hydrogen-bond acceptors (Lipinski definition) is 3. The van der Waals surface area contributed by atoms with Crippen LogP contribution in [0.1, 0.15) is 5.56 Å². The van der Waals surface area contributed by atoms with Crippen molar-refractivity contribution in [2.45, 2.75) is 6.42 Å². The maximum absolute atomic E-state index is 10.8. The maximum Gasteiger partial charge on any atom is 0.307 e. The highest BCUT2D eigenvalue weighted by Crippen LogP contribution is 2.31. The molecule has 0 fully saturated rings. The van der Waals surface area contributed by atoms with E-state index in [9.17, 15) is 4.79 Å². The van der Waals surface area contributed by atoms with Crippen molar-refractivity contribution in [1.29, 1.82) is 0 Å². The third kappa shape index (κ3) is 2.99. The van der Waals surface area contributed by atoms with Crippen LogP contribution in [0.15, 0.2) is 48.8 Å². The summed E-state index contributed by atoms with van der Waals surface area (Å²) in [5, 5.41) is 8.89. The molecule has 0 bridgehead atoms. The number of benzene rings is 1. The number of carboxylic acid groups (broad SMARTS) is 1. The number of aliphatic carboxylic acids is 1. The highest BCUT2D eigenvalue weighted by atomic mass is 35.5. The van der Waals surface area contributed by atoms with Crippen LogP contribution in [-0.4, -0.2) is 20.6 Å². The molecule has 2 heterocycles. The SMILES string of the molecule is O=C(O)Cc1cccc(-n2ccnc2-c2ccc(Cl)s2)c1. The molecule has 6 heteroatoms. The van der Waals surface area contributed by atoms with Crippen LogP contribution in [0, 0.1) is 0 Å². The summed E-state index contributed by atoms with van der Waals surface area (Å²) < 4.78 is 2.63.